The summed E-state index contributed by atoms with van der Waals surface area (Å²) in [6.07, 6.45) is 0.952. The van der Waals surface area contributed by atoms with Crippen LogP contribution in [0.5, 0.6) is 5.75 Å². The van der Waals surface area contributed by atoms with Gasteiger partial charge in [-0.15, -0.1) is 12.4 Å². The number of benzene rings is 1. The molecule has 1 atom stereocenters. The van der Waals surface area contributed by atoms with Gasteiger partial charge in [0.05, 0.1) is 7.11 Å². The van der Waals surface area contributed by atoms with Crippen LogP contribution in [-0.2, 0) is 0 Å². The predicted molar refractivity (Wildman–Crippen MR) is 57.5 cm³/mol. The molecule has 13 heavy (non-hydrogen) atoms. The second-order valence-corrected chi connectivity index (χ2v) is 2.79. The standard InChI is InChI=1S/C10H15NO.ClH/c1-3-10(11)8-5-4-6-9(7-8)12-2;/h4-7,10H,3,11H2,1-2H3;1H/t10-;/m0./s1. The maximum atomic E-state index is 5.86. The first-order valence-corrected chi connectivity index (χ1v) is 4.17. The number of ether oxygens (including phenoxy) is 1. The smallest absolute Gasteiger partial charge is 0.119 e. The zero-order valence-corrected chi connectivity index (χ0v) is 8.80. The van der Waals surface area contributed by atoms with Crippen LogP contribution < -0.4 is 10.5 Å². The summed E-state index contributed by atoms with van der Waals surface area (Å²) in [5, 5.41) is 0. The zero-order chi connectivity index (χ0) is 8.97. The molecule has 0 aliphatic heterocycles. The lowest BCUT2D eigenvalue weighted by atomic mass is 10.1. The van der Waals surface area contributed by atoms with Gasteiger partial charge in [0.2, 0.25) is 0 Å². The van der Waals surface area contributed by atoms with E-state index in [4.69, 9.17) is 10.5 Å². The van der Waals surface area contributed by atoms with Gasteiger partial charge in [0.25, 0.3) is 0 Å². The lowest BCUT2D eigenvalue weighted by molar-refractivity contribution is 0.413. The fourth-order valence-electron chi connectivity index (χ4n) is 1.11. The molecule has 2 nitrogen and oxygen atoms in total. The van der Waals surface area contributed by atoms with Crippen LogP contribution in [0.15, 0.2) is 24.3 Å². The number of hydrogen-bond donors (Lipinski definition) is 1. The number of methoxy groups -OCH3 is 1. The van der Waals surface area contributed by atoms with E-state index in [1.807, 2.05) is 24.3 Å². The number of halogens is 1. The molecule has 0 aliphatic carbocycles. The normalized spacial score (nSPS) is 11.6. The molecule has 0 spiro atoms. The summed E-state index contributed by atoms with van der Waals surface area (Å²) in [6.45, 7) is 2.07. The Balaban J connectivity index is 0.00000144. The molecule has 0 amide bonds. The Morgan fingerprint density at radius 3 is 2.69 bits per heavy atom. The quantitative estimate of drug-likeness (QED) is 0.816. The highest BCUT2D eigenvalue weighted by molar-refractivity contribution is 5.85. The van der Waals surface area contributed by atoms with E-state index < -0.39 is 0 Å². The Hall–Kier alpha value is -0.730. The van der Waals surface area contributed by atoms with E-state index in [0.29, 0.717) is 0 Å². The van der Waals surface area contributed by atoms with Crippen molar-refractivity contribution in [2.45, 2.75) is 19.4 Å². The Kier molecular flexibility index (Phi) is 5.51. The van der Waals surface area contributed by atoms with Gasteiger partial charge in [-0.1, -0.05) is 19.1 Å². The van der Waals surface area contributed by atoms with Crippen LogP contribution in [0.2, 0.25) is 0 Å². The summed E-state index contributed by atoms with van der Waals surface area (Å²) in [5.74, 6) is 0.872. The van der Waals surface area contributed by atoms with Gasteiger partial charge in [0.1, 0.15) is 5.75 Å². The molecule has 0 fully saturated rings. The SMILES string of the molecule is CC[C@H](N)c1cccc(OC)c1.Cl. The first kappa shape index (κ1) is 12.3. The molecule has 0 unspecified atom stereocenters. The van der Waals surface area contributed by atoms with Crippen LogP contribution in [-0.4, -0.2) is 7.11 Å². The molecule has 0 radical (unpaired) electrons. The lowest BCUT2D eigenvalue weighted by Gasteiger charge is -2.09. The Labute approximate surface area is 85.5 Å². The van der Waals surface area contributed by atoms with Crippen LogP contribution in [0.4, 0.5) is 0 Å². The molecular formula is C10H16ClNO. The van der Waals surface area contributed by atoms with E-state index in [2.05, 4.69) is 6.92 Å². The molecule has 1 rings (SSSR count). The third-order valence-corrected chi connectivity index (χ3v) is 1.96. The fraction of sp³-hybridized carbons (Fsp3) is 0.400. The molecule has 1 aromatic carbocycles. The second kappa shape index (κ2) is 5.84. The summed E-state index contributed by atoms with van der Waals surface area (Å²) in [5.41, 5.74) is 7.00. The van der Waals surface area contributed by atoms with Gasteiger partial charge in [0, 0.05) is 6.04 Å². The monoisotopic (exact) mass is 201 g/mol. The molecule has 3 heteroatoms. The molecule has 0 saturated carbocycles. The van der Waals surface area contributed by atoms with Crippen molar-refractivity contribution in [2.24, 2.45) is 5.73 Å². The lowest BCUT2D eigenvalue weighted by Crippen LogP contribution is -2.08. The molecule has 74 valence electrons. The molecule has 0 saturated heterocycles. The van der Waals surface area contributed by atoms with Crippen LogP contribution in [0.25, 0.3) is 0 Å². The van der Waals surface area contributed by atoms with Gasteiger partial charge in [-0.25, -0.2) is 0 Å². The van der Waals surface area contributed by atoms with E-state index in [1.165, 1.54) is 0 Å². The first-order valence-electron chi connectivity index (χ1n) is 4.17. The van der Waals surface area contributed by atoms with E-state index in [0.717, 1.165) is 17.7 Å². The van der Waals surface area contributed by atoms with Crippen molar-refractivity contribution in [3.05, 3.63) is 29.8 Å². The molecule has 0 aliphatic rings. The van der Waals surface area contributed by atoms with Gasteiger partial charge in [-0.2, -0.15) is 0 Å². The number of hydrogen-bond acceptors (Lipinski definition) is 2. The van der Waals surface area contributed by atoms with E-state index in [9.17, 15) is 0 Å². The van der Waals surface area contributed by atoms with Crippen LogP contribution in [0.1, 0.15) is 24.9 Å². The average molecular weight is 202 g/mol. The van der Waals surface area contributed by atoms with Gasteiger partial charge in [-0.3, -0.25) is 0 Å². The highest BCUT2D eigenvalue weighted by atomic mass is 35.5. The van der Waals surface area contributed by atoms with Crippen LogP contribution >= 0.6 is 12.4 Å². The first-order chi connectivity index (χ1) is 5.77. The minimum Gasteiger partial charge on any atom is -0.497 e. The van der Waals surface area contributed by atoms with Crippen molar-refractivity contribution < 1.29 is 4.74 Å². The van der Waals surface area contributed by atoms with Crippen molar-refractivity contribution in [1.29, 1.82) is 0 Å². The highest BCUT2D eigenvalue weighted by Gasteiger charge is 2.02. The third-order valence-electron chi connectivity index (χ3n) is 1.96. The molecule has 0 heterocycles. The summed E-state index contributed by atoms with van der Waals surface area (Å²) in [6, 6.07) is 8.01. The van der Waals surface area contributed by atoms with Crippen molar-refractivity contribution in [1.82, 2.24) is 0 Å². The zero-order valence-electron chi connectivity index (χ0n) is 7.99. The van der Waals surface area contributed by atoms with E-state index in [-0.39, 0.29) is 18.4 Å². The number of rotatable bonds is 3. The Morgan fingerprint density at radius 2 is 2.15 bits per heavy atom. The van der Waals surface area contributed by atoms with Crippen LogP contribution in [0, 0.1) is 0 Å². The minimum absolute atomic E-state index is 0. The van der Waals surface area contributed by atoms with E-state index in [1.54, 1.807) is 7.11 Å². The molecule has 2 N–H and O–H groups in total. The van der Waals surface area contributed by atoms with Gasteiger partial charge >= 0.3 is 0 Å². The second-order valence-electron chi connectivity index (χ2n) is 2.79. The Bertz CT molecular complexity index is 252. The van der Waals surface area contributed by atoms with Gasteiger partial charge in [0.15, 0.2) is 0 Å². The van der Waals surface area contributed by atoms with Crippen molar-refractivity contribution in [3.63, 3.8) is 0 Å². The molecule has 0 aromatic heterocycles. The van der Waals surface area contributed by atoms with Crippen molar-refractivity contribution in [3.8, 4) is 5.75 Å². The van der Waals surface area contributed by atoms with Crippen molar-refractivity contribution >= 4 is 12.4 Å². The van der Waals surface area contributed by atoms with Gasteiger partial charge < -0.3 is 10.5 Å². The highest BCUT2D eigenvalue weighted by Crippen LogP contribution is 2.18. The third kappa shape index (κ3) is 3.25. The Morgan fingerprint density at radius 1 is 1.46 bits per heavy atom. The predicted octanol–water partition coefficient (Wildman–Crippen LogP) is 2.53. The summed E-state index contributed by atoms with van der Waals surface area (Å²) in [4.78, 5) is 0. The average Bonchev–Trinajstić information content (AvgIpc) is 2.17. The summed E-state index contributed by atoms with van der Waals surface area (Å²) in [7, 11) is 1.66. The minimum atomic E-state index is 0. The van der Waals surface area contributed by atoms with Crippen molar-refractivity contribution in [2.75, 3.05) is 7.11 Å². The van der Waals surface area contributed by atoms with Gasteiger partial charge in [-0.05, 0) is 24.1 Å². The molecular weight excluding hydrogens is 186 g/mol. The summed E-state index contributed by atoms with van der Waals surface area (Å²) >= 11 is 0. The maximum Gasteiger partial charge on any atom is 0.119 e. The van der Waals surface area contributed by atoms with Crippen LogP contribution in [0.3, 0.4) is 0 Å². The summed E-state index contributed by atoms with van der Waals surface area (Å²) < 4.78 is 5.09. The molecule has 0 bridgehead atoms. The number of nitrogens with two attached hydrogens (primary N) is 1. The van der Waals surface area contributed by atoms with E-state index >= 15 is 0 Å². The fourth-order valence-corrected chi connectivity index (χ4v) is 1.11. The molecule has 1 aromatic rings. The largest absolute Gasteiger partial charge is 0.497 e. The maximum absolute atomic E-state index is 5.86. The topological polar surface area (TPSA) is 35.2 Å².